The molecule has 0 radical (unpaired) electrons. The van der Waals surface area contributed by atoms with Crippen molar-refractivity contribution in [3.8, 4) is 17.2 Å². The van der Waals surface area contributed by atoms with Crippen molar-refractivity contribution in [1.29, 1.82) is 0 Å². The number of carboxylic acid groups (broad SMARTS) is 2. The summed E-state index contributed by atoms with van der Waals surface area (Å²) in [4.78, 5) is 52.6. The van der Waals surface area contributed by atoms with Gasteiger partial charge in [0, 0.05) is 61.9 Å². The van der Waals surface area contributed by atoms with Gasteiger partial charge < -0.3 is 29.7 Å². The van der Waals surface area contributed by atoms with Gasteiger partial charge in [-0.05, 0) is 27.7 Å². The van der Waals surface area contributed by atoms with Crippen LogP contribution in [0, 0.1) is 0 Å². The first-order valence-electron chi connectivity index (χ1n) is 12.1. The highest BCUT2D eigenvalue weighted by Crippen LogP contribution is 2.34. The summed E-state index contributed by atoms with van der Waals surface area (Å²) in [6.07, 6.45) is 1.12. The summed E-state index contributed by atoms with van der Waals surface area (Å²) in [5.41, 5.74) is 0.260. The number of amides is 2. The lowest BCUT2D eigenvalue weighted by Crippen LogP contribution is -2.43. The summed E-state index contributed by atoms with van der Waals surface area (Å²) in [6, 6.07) is 3.45. The number of hydrogen-bond acceptors (Lipinski definition) is 10. The monoisotopic (exact) mass is 580 g/mol. The van der Waals surface area contributed by atoms with Crippen LogP contribution in [0.2, 0.25) is 0 Å². The van der Waals surface area contributed by atoms with Gasteiger partial charge in [-0.3, -0.25) is 19.8 Å². The normalized spacial score (nSPS) is 10.8. The Balaban J connectivity index is 0.000000869. The number of anilines is 1. The van der Waals surface area contributed by atoms with Crippen molar-refractivity contribution in [1.82, 2.24) is 14.8 Å². The molecule has 0 atom stereocenters. The molecule has 40 heavy (non-hydrogen) atoms. The lowest BCUT2D eigenvalue weighted by Gasteiger charge is -2.32. The number of aliphatic carboxylic acids is 2. The van der Waals surface area contributed by atoms with Crippen LogP contribution in [0.15, 0.2) is 29.7 Å². The molecule has 0 aliphatic carbocycles. The van der Waals surface area contributed by atoms with E-state index in [2.05, 4.69) is 42.9 Å². The topological polar surface area (TPSA) is 179 Å². The maximum absolute atomic E-state index is 12.7. The summed E-state index contributed by atoms with van der Waals surface area (Å²) in [5, 5.41) is 30.3. The lowest BCUT2D eigenvalue weighted by atomic mass is 10.1. The second-order valence-electron chi connectivity index (χ2n) is 8.88. The predicted octanol–water partition coefficient (Wildman–Crippen LogP) is 3.02. The number of aromatic nitrogens is 1. The first-order valence-corrected chi connectivity index (χ1v) is 13.0. The summed E-state index contributed by atoms with van der Waals surface area (Å²) in [6.45, 7) is 9.85. The van der Waals surface area contributed by atoms with E-state index < -0.39 is 17.8 Å². The van der Waals surface area contributed by atoms with E-state index in [4.69, 9.17) is 19.7 Å². The molecule has 0 unspecified atom stereocenters. The highest BCUT2D eigenvalue weighted by atomic mass is 32.1. The number of benzene rings is 1. The number of carbonyl (C=O) groups excluding carboxylic acids is 2. The predicted molar refractivity (Wildman–Crippen MR) is 150 cm³/mol. The number of nitrogens with zero attached hydrogens (tertiary/aromatic N) is 3. The molecule has 0 fully saturated rings. The zero-order valence-electron chi connectivity index (χ0n) is 23.5. The van der Waals surface area contributed by atoms with Crippen LogP contribution in [0.4, 0.5) is 5.13 Å². The summed E-state index contributed by atoms with van der Waals surface area (Å²) >= 11 is 1.14. The first-order chi connectivity index (χ1) is 18.7. The molecular formula is C26H36N4O9S. The van der Waals surface area contributed by atoms with Gasteiger partial charge in [0.25, 0.3) is 11.8 Å². The lowest BCUT2D eigenvalue weighted by molar-refractivity contribution is -0.134. The van der Waals surface area contributed by atoms with E-state index in [9.17, 15) is 24.3 Å². The Morgan fingerprint density at radius 3 is 1.98 bits per heavy atom. The molecule has 0 aliphatic heterocycles. The number of aromatic hydroxyl groups is 1. The molecular weight excluding hydrogens is 544 g/mol. The number of methoxy groups -OCH3 is 2. The molecule has 4 N–H and O–H groups in total. The maximum Gasteiger partial charge on any atom is 0.328 e. The Bertz CT molecular complexity index is 1190. The minimum Gasteiger partial charge on any atom is -0.507 e. The third-order valence-corrected chi connectivity index (χ3v) is 6.18. The van der Waals surface area contributed by atoms with Gasteiger partial charge in [-0.25, -0.2) is 14.6 Å². The van der Waals surface area contributed by atoms with Gasteiger partial charge in [0.15, 0.2) is 16.6 Å². The SMILES string of the molecule is COc1cc(O)c(C(=O)Nc2nc(C(=O)N(C)CCN(C(C)C)C(C)C)cs2)cc1OC.O=C(O)/C=C\C(=O)O. The van der Waals surface area contributed by atoms with Gasteiger partial charge in [0.05, 0.1) is 19.8 Å². The Hall–Kier alpha value is -4.17. The minimum absolute atomic E-state index is 0.00491. The van der Waals surface area contributed by atoms with E-state index in [1.807, 2.05) is 0 Å². The fourth-order valence-electron chi connectivity index (χ4n) is 3.46. The average molecular weight is 581 g/mol. The van der Waals surface area contributed by atoms with Crippen molar-refractivity contribution in [2.24, 2.45) is 0 Å². The summed E-state index contributed by atoms with van der Waals surface area (Å²) < 4.78 is 10.3. The molecule has 13 nitrogen and oxygen atoms in total. The van der Waals surface area contributed by atoms with Crippen LogP contribution in [0.1, 0.15) is 48.5 Å². The van der Waals surface area contributed by atoms with Gasteiger partial charge in [-0.2, -0.15) is 0 Å². The van der Waals surface area contributed by atoms with E-state index in [1.165, 1.54) is 26.4 Å². The molecule has 0 saturated carbocycles. The number of ether oxygens (including phenoxy) is 2. The quantitative estimate of drug-likeness (QED) is 0.271. The molecule has 1 aromatic heterocycles. The number of carboxylic acids is 2. The van der Waals surface area contributed by atoms with E-state index in [-0.39, 0.29) is 28.0 Å². The van der Waals surface area contributed by atoms with Crippen LogP contribution in [-0.2, 0) is 9.59 Å². The zero-order chi connectivity index (χ0) is 30.6. The molecule has 14 heteroatoms. The van der Waals surface area contributed by atoms with Gasteiger partial charge in [-0.15, -0.1) is 11.3 Å². The number of likely N-dealkylation sites (N-methyl/N-ethyl adjacent to an activating group) is 1. The molecule has 1 aromatic carbocycles. The number of phenols is 1. The molecule has 0 aliphatic rings. The van der Waals surface area contributed by atoms with Crippen molar-refractivity contribution in [2.45, 2.75) is 39.8 Å². The highest BCUT2D eigenvalue weighted by molar-refractivity contribution is 7.14. The first kappa shape index (κ1) is 33.9. The smallest absolute Gasteiger partial charge is 0.328 e. The third-order valence-electron chi connectivity index (χ3n) is 5.43. The minimum atomic E-state index is -1.26. The van der Waals surface area contributed by atoms with Crippen LogP contribution in [-0.4, -0.2) is 100 Å². The van der Waals surface area contributed by atoms with E-state index in [0.29, 0.717) is 42.3 Å². The third kappa shape index (κ3) is 10.5. The van der Waals surface area contributed by atoms with Crippen LogP contribution < -0.4 is 14.8 Å². The Kier molecular flexibility index (Phi) is 13.6. The fraction of sp³-hybridized carbons (Fsp3) is 0.423. The molecule has 2 rings (SSSR count). The van der Waals surface area contributed by atoms with Crippen molar-refractivity contribution < 1.29 is 44.0 Å². The molecule has 0 saturated heterocycles. The zero-order valence-corrected chi connectivity index (χ0v) is 24.3. The van der Waals surface area contributed by atoms with Crippen molar-refractivity contribution in [3.05, 3.63) is 40.9 Å². The van der Waals surface area contributed by atoms with Gasteiger partial charge in [0.1, 0.15) is 11.4 Å². The number of carbonyl (C=O) groups is 4. The number of phenolic OH excluding ortho intramolecular Hbond substituents is 1. The maximum atomic E-state index is 12.7. The molecule has 220 valence electrons. The largest absolute Gasteiger partial charge is 0.507 e. The second-order valence-corrected chi connectivity index (χ2v) is 9.74. The standard InChI is InChI=1S/C22H32N4O5S.C4H4O4/c1-13(2)26(14(3)4)9-8-25(5)21(29)16-12-32-22(23-16)24-20(28)15-10-18(30-6)19(31-7)11-17(15)27;5-3(6)1-2-4(7)8/h10-14,27H,8-9H2,1-7H3,(H,23,24,28);1-2H,(H,5,6)(H,7,8)/b;2-1-. The van der Waals surface area contributed by atoms with E-state index in [0.717, 1.165) is 17.9 Å². The molecule has 0 spiro atoms. The van der Waals surface area contributed by atoms with Gasteiger partial charge >= 0.3 is 11.9 Å². The Labute approximate surface area is 236 Å². The number of hydrogen-bond donors (Lipinski definition) is 4. The molecule has 2 amide bonds. The van der Waals surface area contributed by atoms with Gasteiger partial charge in [0.2, 0.25) is 0 Å². The second kappa shape index (κ2) is 16.1. The molecule has 1 heterocycles. The van der Waals surface area contributed by atoms with Crippen LogP contribution >= 0.6 is 11.3 Å². The van der Waals surface area contributed by atoms with Crippen LogP contribution in [0.25, 0.3) is 0 Å². The number of rotatable bonds is 12. The number of nitrogens with one attached hydrogen (secondary N) is 1. The Morgan fingerprint density at radius 1 is 0.975 bits per heavy atom. The Morgan fingerprint density at radius 2 is 1.50 bits per heavy atom. The van der Waals surface area contributed by atoms with E-state index >= 15 is 0 Å². The summed E-state index contributed by atoms with van der Waals surface area (Å²) in [7, 11) is 4.61. The van der Waals surface area contributed by atoms with E-state index in [1.54, 1.807) is 17.3 Å². The fourth-order valence-corrected chi connectivity index (χ4v) is 4.14. The highest BCUT2D eigenvalue weighted by Gasteiger charge is 2.21. The summed E-state index contributed by atoms with van der Waals surface area (Å²) in [5.74, 6) is -2.95. The van der Waals surface area contributed by atoms with Crippen molar-refractivity contribution >= 4 is 40.2 Å². The average Bonchev–Trinajstić information content (AvgIpc) is 3.34. The van der Waals surface area contributed by atoms with Crippen LogP contribution in [0.3, 0.4) is 0 Å². The molecule has 0 bridgehead atoms. The molecule has 2 aromatic rings. The van der Waals surface area contributed by atoms with Crippen molar-refractivity contribution in [3.63, 3.8) is 0 Å². The van der Waals surface area contributed by atoms with Gasteiger partial charge in [-0.1, -0.05) is 0 Å². The van der Waals surface area contributed by atoms with Crippen LogP contribution in [0.5, 0.6) is 17.2 Å². The van der Waals surface area contributed by atoms with Crippen molar-refractivity contribution in [2.75, 3.05) is 39.7 Å². The number of thiazole rings is 1.